The molecule has 0 unspecified atom stereocenters. The Hall–Kier alpha value is -1.64. The van der Waals surface area contributed by atoms with Gasteiger partial charge in [0, 0.05) is 12.6 Å². The molecule has 0 bridgehead atoms. The lowest BCUT2D eigenvalue weighted by molar-refractivity contribution is -0.118. The van der Waals surface area contributed by atoms with E-state index in [1.165, 1.54) is 18.2 Å². The summed E-state index contributed by atoms with van der Waals surface area (Å²) in [6, 6.07) is 4.12. The molecule has 0 saturated heterocycles. The fourth-order valence-electron chi connectivity index (χ4n) is 3.08. The lowest BCUT2D eigenvalue weighted by atomic mass is 9.86. The largest absolute Gasteiger partial charge is 0.482 e. The topological polar surface area (TPSA) is 105 Å². The number of rotatable bonds is 4. The van der Waals surface area contributed by atoms with Gasteiger partial charge in [-0.3, -0.25) is 4.79 Å². The Labute approximate surface area is 135 Å². The van der Waals surface area contributed by atoms with Gasteiger partial charge in [-0.25, -0.2) is 13.1 Å². The normalized spacial score (nSPS) is 24.5. The maximum absolute atomic E-state index is 12.6. The van der Waals surface area contributed by atoms with E-state index >= 15 is 0 Å². The van der Waals surface area contributed by atoms with Crippen molar-refractivity contribution in [3.8, 4) is 5.75 Å². The molecule has 23 heavy (non-hydrogen) atoms. The zero-order chi connectivity index (χ0) is 16.4. The van der Waals surface area contributed by atoms with Crippen molar-refractivity contribution in [1.82, 2.24) is 4.72 Å². The number of carbonyl (C=O) groups is 1. The van der Waals surface area contributed by atoms with E-state index in [0.29, 0.717) is 11.4 Å². The minimum Gasteiger partial charge on any atom is -0.482 e. The summed E-state index contributed by atoms with van der Waals surface area (Å²) in [6.45, 7) is -0.0983. The Morgan fingerprint density at radius 3 is 2.87 bits per heavy atom. The van der Waals surface area contributed by atoms with Gasteiger partial charge < -0.3 is 15.2 Å². The predicted molar refractivity (Wildman–Crippen MR) is 83.7 cm³/mol. The summed E-state index contributed by atoms with van der Waals surface area (Å²) in [5.41, 5.74) is 0.353. The van der Waals surface area contributed by atoms with Crippen molar-refractivity contribution in [3.63, 3.8) is 0 Å². The van der Waals surface area contributed by atoms with Crippen LogP contribution in [0.2, 0.25) is 0 Å². The number of anilines is 1. The molecular weight excluding hydrogens is 320 g/mol. The van der Waals surface area contributed by atoms with Crippen LogP contribution in [0.1, 0.15) is 25.7 Å². The second kappa shape index (κ2) is 6.46. The maximum Gasteiger partial charge on any atom is 0.262 e. The number of hydrogen-bond acceptors (Lipinski definition) is 5. The van der Waals surface area contributed by atoms with Crippen LogP contribution in [0.25, 0.3) is 0 Å². The number of aliphatic hydroxyl groups excluding tert-OH is 1. The van der Waals surface area contributed by atoms with Gasteiger partial charge in [-0.15, -0.1) is 0 Å². The molecule has 0 radical (unpaired) electrons. The van der Waals surface area contributed by atoms with Crippen LogP contribution in [0.5, 0.6) is 5.75 Å². The molecule has 1 heterocycles. The van der Waals surface area contributed by atoms with Gasteiger partial charge >= 0.3 is 0 Å². The van der Waals surface area contributed by atoms with Crippen molar-refractivity contribution in [3.05, 3.63) is 18.2 Å². The third kappa shape index (κ3) is 3.49. The molecule has 1 saturated carbocycles. The molecule has 1 aromatic carbocycles. The van der Waals surface area contributed by atoms with Crippen LogP contribution in [0.15, 0.2) is 23.1 Å². The van der Waals surface area contributed by atoms with E-state index < -0.39 is 10.0 Å². The van der Waals surface area contributed by atoms with E-state index in [9.17, 15) is 18.3 Å². The van der Waals surface area contributed by atoms with Crippen molar-refractivity contribution in [2.75, 3.05) is 18.5 Å². The molecule has 0 aromatic heterocycles. The molecule has 3 rings (SSSR count). The van der Waals surface area contributed by atoms with Gasteiger partial charge in [0.1, 0.15) is 5.75 Å². The number of carbonyl (C=O) groups excluding carboxylic acids is 1. The number of benzene rings is 1. The monoisotopic (exact) mass is 340 g/mol. The molecule has 7 nitrogen and oxygen atoms in total. The van der Waals surface area contributed by atoms with E-state index in [1.54, 1.807) is 0 Å². The third-order valence-electron chi connectivity index (χ3n) is 4.34. The number of aliphatic hydroxyl groups is 1. The van der Waals surface area contributed by atoms with Gasteiger partial charge in [-0.1, -0.05) is 12.8 Å². The van der Waals surface area contributed by atoms with Crippen LogP contribution >= 0.6 is 0 Å². The van der Waals surface area contributed by atoms with Crippen LogP contribution in [0.4, 0.5) is 5.69 Å². The van der Waals surface area contributed by atoms with E-state index in [1.807, 2.05) is 0 Å². The van der Waals surface area contributed by atoms with E-state index in [2.05, 4.69) is 10.0 Å². The highest BCUT2D eigenvalue weighted by Gasteiger charge is 2.29. The standard InChI is InChI=1S/C15H20N2O5S/c18-8-10-3-1-2-4-12(10)17-23(20,21)11-5-6-14-13(7-11)16-15(19)9-22-14/h5-7,10,12,17-18H,1-4,8-9H2,(H,16,19)/t10-,12+/m0/s1. The third-order valence-corrected chi connectivity index (χ3v) is 5.83. The summed E-state index contributed by atoms with van der Waals surface area (Å²) in [6.07, 6.45) is 3.48. The molecule has 8 heteroatoms. The molecule has 1 fully saturated rings. The number of nitrogens with one attached hydrogen (secondary N) is 2. The number of ether oxygens (including phenoxy) is 1. The lowest BCUT2D eigenvalue weighted by Crippen LogP contribution is -2.43. The molecule has 0 spiro atoms. The van der Waals surface area contributed by atoms with Gasteiger partial charge in [0.15, 0.2) is 6.61 Å². The highest BCUT2D eigenvalue weighted by molar-refractivity contribution is 7.89. The highest BCUT2D eigenvalue weighted by atomic mass is 32.2. The average molecular weight is 340 g/mol. The van der Waals surface area contributed by atoms with Crippen molar-refractivity contribution in [2.24, 2.45) is 5.92 Å². The first kappa shape index (κ1) is 16.2. The molecule has 1 aliphatic heterocycles. The number of fused-ring (bicyclic) bond motifs is 1. The second-order valence-corrected chi connectivity index (χ2v) is 7.66. The summed E-state index contributed by atoms with van der Waals surface area (Å²) in [7, 11) is -3.72. The van der Waals surface area contributed by atoms with Crippen molar-refractivity contribution in [1.29, 1.82) is 0 Å². The predicted octanol–water partition coefficient (Wildman–Crippen LogP) is 0.847. The lowest BCUT2D eigenvalue weighted by Gasteiger charge is -2.30. The Balaban J connectivity index is 1.82. The van der Waals surface area contributed by atoms with Crippen molar-refractivity contribution < 1.29 is 23.1 Å². The Morgan fingerprint density at radius 2 is 2.09 bits per heavy atom. The summed E-state index contributed by atoms with van der Waals surface area (Å²) < 4.78 is 33.1. The zero-order valence-electron chi connectivity index (χ0n) is 12.6. The zero-order valence-corrected chi connectivity index (χ0v) is 13.4. The average Bonchev–Trinajstić information content (AvgIpc) is 2.54. The SMILES string of the molecule is O=C1COc2ccc(S(=O)(=O)N[C@@H]3CCCC[C@H]3CO)cc2N1. The van der Waals surface area contributed by atoms with Gasteiger partial charge in [0.2, 0.25) is 10.0 Å². The second-order valence-electron chi connectivity index (χ2n) is 5.95. The van der Waals surface area contributed by atoms with Crippen LogP contribution in [0.3, 0.4) is 0 Å². The molecule has 1 aliphatic carbocycles. The Kier molecular flexibility index (Phi) is 4.56. The van der Waals surface area contributed by atoms with Crippen molar-refractivity contribution in [2.45, 2.75) is 36.6 Å². The van der Waals surface area contributed by atoms with Gasteiger partial charge in [-0.05, 0) is 37.0 Å². The first-order chi connectivity index (χ1) is 11.0. The molecule has 126 valence electrons. The van der Waals surface area contributed by atoms with Crippen molar-refractivity contribution >= 4 is 21.6 Å². The fourth-order valence-corrected chi connectivity index (χ4v) is 4.44. The minimum absolute atomic E-state index is 0.0265. The summed E-state index contributed by atoms with van der Waals surface area (Å²) >= 11 is 0. The molecule has 1 aromatic rings. The van der Waals surface area contributed by atoms with Crippen LogP contribution < -0.4 is 14.8 Å². The van der Waals surface area contributed by atoms with Gasteiger partial charge in [0.05, 0.1) is 10.6 Å². The maximum atomic E-state index is 12.6. The highest BCUT2D eigenvalue weighted by Crippen LogP contribution is 2.31. The summed E-state index contributed by atoms with van der Waals surface area (Å²) in [5, 5.41) is 12.0. The van der Waals surface area contributed by atoms with Gasteiger partial charge in [0.25, 0.3) is 5.91 Å². The van der Waals surface area contributed by atoms with Crippen LogP contribution in [-0.4, -0.2) is 38.7 Å². The molecule has 2 atom stereocenters. The Bertz CT molecular complexity index is 704. The Morgan fingerprint density at radius 1 is 1.30 bits per heavy atom. The molecule has 2 aliphatic rings. The van der Waals surface area contributed by atoms with Gasteiger partial charge in [-0.2, -0.15) is 0 Å². The van der Waals surface area contributed by atoms with E-state index in [0.717, 1.165) is 25.7 Å². The number of hydrogen-bond donors (Lipinski definition) is 3. The van der Waals surface area contributed by atoms with Crippen LogP contribution in [0, 0.1) is 5.92 Å². The van der Waals surface area contributed by atoms with E-state index in [4.69, 9.17) is 4.74 Å². The summed E-state index contributed by atoms with van der Waals surface area (Å²) in [5.74, 6) is 0.0845. The molecule has 3 N–H and O–H groups in total. The first-order valence-corrected chi connectivity index (χ1v) is 9.18. The van der Waals surface area contributed by atoms with Crippen LogP contribution in [-0.2, 0) is 14.8 Å². The van der Waals surface area contributed by atoms with E-state index in [-0.39, 0.29) is 36.0 Å². The first-order valence-electron chi connectivity index (χ1n) is 7.69. The molecule has 1 amide bonds. The molecular formula is C15H20N2O5S. The fraction of sp³-hybridized carbons (Fsp3) is 0.533. The number of sulfonamides is 1. The smallest absolute Gasteiger partial charge is 0.262 e. The number of amides is 1. The minimum atomic E-state index is -3.72. The quantitative estimate of drug-likeness (QED) is 0.753. The summed E-state index contributed by atoms with van der Waals surface area (Å²) in [4.78, 5) is 11.4.